The van der Waals surface area contributed by atoms with Gasteiger partial charge < -0.3 is 10.2 Å². The fourth-order valence-electron chi connectivity index (χ4n) is 4.34. The molecule has 2 heteroatoms. The summed E-state index contributed by atoms with van der Waals surface area (Å²) in [7, 11) is 2.15. The van der Waals surface area contributed by atoms with E-state index >= 15 is 0 Å². The Bertz CT molecular complexity index is 282. The SMILES string of the molecule is CNC1CCCCC1CN1CCCC(C(C)(C)C)CC1. The van der Waals surface area contributed by atoms with Crippen molar-refractivity contribution in [2.75, 3.05) is 26.7 Å². The van der Waals surface area contributed by atoms with Gasteiger partial charge in [-0.25, -0.2) is 0 Å². The van der Waals surface area contributed by atoms with Crippen LogP contribution in [0.3, 0.4) is 0 Å². The standard InChI is InChI=1S/C18H36N2/c1-18(2,3)16-9-7-12-20(13-11-16)14-15-8-5-6-10-17(15)19-4/h15-17,19H,5-14H2,1-4H3. The van der Waals surface area contributed by atoms with E-state index in [9.17, 15) is 0 Å². The van der Waals surface area contributed by atoms with Crippen LogP contribution >= 0.6 is 0 Å². The van der Waals surface area contributed by atoms with E-state index in [0.717, 1.165) is 17.9 Å². The van der Waals surface area contributed by atoms with Gasteiger partial charge in [-0.15, -0.1) is 0 Å². The van der Waals surface area contributed by atoms with Gasteiger partial charge in [-0.1, -0.05) is 33.6 Å². The summed E-state index contributed by atoms with van der Waals surface area (Å²) in [6, 6.07) is 0.769. The molecular weight excluding hydrogens is 244 g/mol. The Balaban J connectivity index is 1.84. The van der Waals surface area contributed by atoms with E-state index in [4.69, 9.17) is 0 Å². The number of hydrogen-bond donors (Lipinski definition) is 1. The average molecular weight is 280 g/mol. The summed E-state index contributed by atoms with van der Waals surface area (Å²) in [6.45, 7) is 11.3. The zero-order valence-electron chi connectivity index (χ0n) is 14.3. The van der Waals surface area contributed by atoms with Gasteiger partial charge in [-0.3, -0.25) is 0 Å². The zero-order valence-corrected chi connectivity index (χ0v) is 14.3. The quantitative estimate of drug-likeness (QED) is 0.843. The molecule has 0 bridgehead atoms. The van der Waals surface area contributed by atoms with Gasteiger partial charge in [0.25, 0.3) is 0 Å². The van der Waals surface area contributed by atoms with E-state index in [1.54, 1.807) is 0 Å². The van der Waals surface area contributed by atoms with Gasteiger partial charge in [0.05, 0.1) is 0 Å². The monoisotopic (exact) mass is 280 g/mol. The molecule has 2 fully saturated rings. The van der Waals surface area contributed by atoms with Gasteiger partial charge in [0.15, 0.2) is 0 Å². The molecule has 2 aliphatic rings. The summed E-state index contributed by atoms with van der Waals surface area (Å²) in [5.41, 5.74) is 0.494. The van der Waals surface area contributed by atoms with Crippen molar-refractivity contribution in [1.29, 1.82) is 0 Å². The lowest BCUT2D eigenvalue weighted by atomic mass is 9.77. The van der Waals surface area contributed by atoms with Crippen LogP contribution in [0.25, 0.3) is 0 Å². The van der Waals surface area contributed by atoms with Crippen molar-refractivity contribution in [3.8, 4) is 0 Å². The first-order chi connectivity index (χ1) is 9.50. The molecule has 1 aliphatic carbocycles. The maximum Gasteiger partial charge on any atom is 0.0104 e. The molecule has 1 heterocycles. The summed E-state index contributed by atoms with van der Waals surface area (Å²) < 4.78 is 0. The summed E-state index contributed by atoms with van der Waals surface area (Å²) in [6.07, 6.45) is 9.93. The number of rotatable bonds is 3. The van der Waals surface area contributed by atoms with Crippen molar-refractivity contribution in [3.63, 3.8) is 0 Å². The van der Waals surface area contributed by atoms with Crippen LogP contribution in [0.4, 0.5) is 0 Å². The minimum atomic E-state index is 0.494. The second-order valence-electron chi connectivity index (χ2n) is 8.23. The summed E-state index contributed by atoms with van der Waals surface area (Å²) in [5, 5.41) is 3.57. The number of nitrogens with one attached hydrogen (secondary N) is 1. The molecule has 1 saturated heterocycles. The highest BCUT2D eigenvalue weighted by atomic mass is 15.1. The maximum absolute atomic E-state index is 3.57. The van der Waals surface area contributed by atoms with E-state index in [2.05, 4.69) is 38.0 Å². The summed E-state index contributed by atoms with van der Waals surface area (Å²) >= 11 is 0. The van der Waals surface area contributed by atoms with Gasteiger partial charge >= 0.3 is 0 Å². The Morgan fingerprint density at radius 1 is 0.950 bits per heavy atom. The van der Waals surface area contributed by atoms with E-state index in [-0.39, 0.29) is 0 Å². The van der Waals surface area contributed by atoms with Gasteiger partial charge in [0, 0.05) is 12.6 Å². The molecule has 0 radical (unpaired) electrons. The van der Waals surface area contributed by atoms with Crippen LogP contribution in [0.15, 0.2) is 0 Å². The summed E-state index contributed by atoms with van der Waals surface area (Å²) in [5.74, 6) is 1.80. The lowest BCUT2D eigenvalue weighted by Gasteiger charge is -2.35. The Morgan fingerprint density at radius 3 is 2.40 bits per heavy atom. The molecule has 2 nitrogen and oxygen atoms in total. The van der Waals surface area contributed by atoms with E-state index in [0.29, 0.717) is 5.41 Å². The molecule has 1 N–H and O–H groups in total. The molecule has 0 spiro atoms. The van der Waals surface area contributed by atoms with Crippen LogP contribution in [0, 0.1) is 17.3 Å². The molecule has 0 amide bonds. The molecule has 1 saturated carbocycles. The van der Waals surface area contributed by atoms with E-state index < -0.39 is 0 Å². The third kappa shape index (κ3) is 4.46. The molecular formula is C18H36N2. The van der Waals surface area contributed by atoms with Gasteiger partial charge in [0.2, 0.25) is 0 Å². The van der Waals surface area contributed by atoms with E-state index in [1.165, 1.54) is 64.6 Å². The van der Waals surface area contributed by atoms with Crippen molar-refractivity contribution in [2.45, 2.75) is 71.8 Å². The minimum Gasteiger partial charge on any atom is -0.317 e. The molecule has 20 heavy (non-hydrogen) atoms. The molecule has 0 aromatic heterocycles. The zero-order chi connectivity index (χ0) is 14.6. The highest BCUT2D eigenvalue weighted by Gasteiger charge is 2.29. The third-order valence-corrected chi connectivity index (χ3v) is 5.82. The summed E-state index contributed by atoms with van der Waals surface area (Å²) in [4.78, 5) is 2.77. The third-order valence-electron chi connectivity index (χ3n) is 5.82. The largest absolute Gasteiger partial charge is 0.317 e. The van der Waals surface area contributed by atoms with Crippen LogP contribution in [0.5, 0.6) is 0 Å². The van der Waals surface area contributed by atoms with Gasteiger partial charge in [0.1, 0.15) is 0 Å². The predicted molar refractivity (Wildman–Crippen MR) is 88.0 cm³/mol. The average Bonchev–Trinajstić information content (AvgIpc) is 2.64. The van der Waals surface area contributed by atoms with E-state index in [1.807, 2.05) is 0 Å². The van der Waals surface area contributed by atoms with Crippen LogP contribution in [0.1, 0.15) is 65.7 Å². The first kappa shape index (κ1) is 16.3. The predicted octanol–water partition coefficient (Wildman–Crippen LogP) is 3.91. The molecule has 1 aliphatic heterocycles. The van der Waals surface area contributed by atoms with Crippen LogP contribution in [-0.2, 0) is 0 Å². The number of hydrogen-bond acceptors (Lipinski definition) is 2. The molecule has 3 unspecified atom stereocenters. The highest BCUT2D eigenvalue weighted by Crippen LogP contribution is 2.35. The number of nitrogens with zero attached hydrogens (tertiary/aromatic N) is 1. The van der Waals surface area contributed by atoms with Crippen molar-refractivity contribution in [1.82, 2.24) is 10.2 Å². The van der Waals surface area contributed by atoms with Crippen molar-refractivity contribution < 1.29 is 0 Å². The normalized spacial score (nSPS) is 33.9. The van der Waals surface area contributed by atoms with Crippen LogP contribution in [-0.4, -0.2) is 37.6 Å². The molecule has 2 rings (SSSR count). The van der Waals surface area contributed by atoms with Crippen LogP contribution < -0.4 is 5.32 Å². The highest BCUT2D eigenvalue weighted by molar-refractivity contribution is 4.84. The second kappa shape index (κ2) is 7.26. The first-order valence-electron chi connectivity index (χ1n) is 8.90. The van der Waals surface area contributed by atoms with Gasteiger partial charge in [-0.05, 0) is 69.5 Å². The van der Waals surface area contributed by atoms with Crippen molar-refractivity contribution in [2.24, 2.45) is 17.3 Å². The second-order valence-corrected chi connectivity index (χ2v) is 8.23. The smallest absolute Gasteiger partial charge is 0.0104 e. The maximum atomic E-state index is 3.57. The lowest BCUT2D eigenvalue weighted by Crippen LogP contribution is -2.43. The number of likely N-dealkylation sites (tertiary alicyclic amines) is 1. The topological polar surface area (TPSA) is 15.3 Å². The van der Waals surface area contributed by atoms with Crippen molar-refractivity contribution in [3.05, 3.63) is 0 Å². The fourth-order valence-corrected chi connectivity index (χ4v) is 4.34. The minimum absolute atomic E-state index is 0.494. The lowest BCUT2D eigenvalue weighted by molar-refractivity contribution is 0.166. The fraction of sp³-hybridized carbons (Fsp3) is 1.00. The van der Waals surface area contributed by atoms with Gasteiger partial charge in [-0.2, -0.15) is 0 Å². The molecule has 3 atom stereocenters. The molecule has 0 aromatic carbocycles. The Kier molecular flexibility index (Phi) is 5.92. The Labute approximate surface area is 126 Å². The Morgan fingerprint density at radius 2 is 1.70 bits per heavy atom. The van der Waals surface area contributed by atoms with Crippen LogP contribution in [0.2, 0.25) is 0 Å². The van der Waals surface area contributed by atoms with Crippen molar-refractivity contribution >= 4 is 0 Å². The molecule has 118 valence electrons. The Hall–Kier alpha value is -0.0800. The first-order valence-corrected chi connectivity index (χ1v) is 8.90. The molecule has 0 aromatic rings.